The Labute approximate surface area is 156 Å². The second-order valence-corrected chi connectivity index (χ2v) is 8.51. The van der Waals surface area contributed by atoms with Crippen LogP contribution < -0.4 is 10.2 Å². The maximum absolute atomic E-state index is 12.4. The van der Waals surface area contributed by atoms with E-state index >= 15 is 0 Å². The average molecular weight is 351 g/mol. The Morgan fingerprint density at radius 1 is 1.31 bits per heavy atom. The summed E-state index contributed by atoms with van der Waals surface area (Å²) in [6.07, 6.45) is 5.28. The number of rotatable bonds is 4. The summed E-state index contributed by atoms with van der Waals surface area (Å²) in [6, 6.07) is 6.32. The van der Waals surface area contributed by atoms with E-state index in [0.717, 1.165) is 30.8 Å². The van der Waals surface area contributed by atoms with Crippen LogP contribution >= 0.6 is 0 Å². The average Bonchev–Trinajstić information content (AvgIpc) is 2.93. The number of nitrogens with zero attached hydrogens (tertiary/aromatic N) is 2. The molecule has 26 heavy (non-hydrogen) atoms. The van der Waals surface area contributed by atoms with Crippen molar-refractivity contribution in [3.8, 4) is 0 Å². The monoisotopic (exact) mass is 351 g/mol. The molecule has 4 heteroatoms. The van der Waals surface area contributed by atoms with E-state index in [1.165, 1.54) is 22.4 Å². The van der Waals surface area contributed by atoms with Crippen molar-refractivity contribution in [3.63, 3.8) is 0 Å². The fourth-order valence-electron chi connectivity index (χ4n) is 3.70. The van der Waals surface area contributed by atoms with Crippen molar-refractivity contribution in [1.82, 2.24) is 4.98 Å². The Balaban J connectivity index is 1.83. The largest absolute Gasteiger partial charge is 0.367 e. The van der Waals surface area contributed by atoms with Crippen molar-refractivity contribution >= 4 is 17.3 Å². The first-order valence-electron chi connectivity index (χ1n) is 9.31. The summed E-state index contributed by atoms with van der Waals surface area (Å²) in [5.74, 6) is 0.0915. The summed E-state index contributed by atoms with van der Waals surface area (Å²) in [5, 5.41) is 3.16. The zero-order valence-corrected chi connectivity index (χ0v) is 16.5. The molecule has 2 aromatic rings. The van der Waals surface area contributed by atoms with Crippen LogP contribution in [0.2, 0.25) is 0 Å². The summed E-state index contributed by atoms with van der Waals surface area (Å²) in [4.78, 5) is 19.0. The molecule has 1 amide bonds. The van der Waals surface area contributed by atoms with E-state index in [1.54, 1.807) is 0 Å². The summed E-state index contributed by atoms with van der Waals surface area (Å²) < 4.78 is 0. The second kappa shape index (κ2) is 7.10. The molecule has 0 spiro atoms. The fourth-order valence-corrected chi connectivity index (χ4v) is 3.70. The summed E-state index contributed by atoms with van der Waals surface area (Å²) in [5.41, 5.74) is 7.17. The highest BCUT2D eigenvalue weighted by molar-refractivity contribution is 5.93. The number of benzene rings is 1. The van der Waals surface area contributed by atoms with Gasteiger partial charge in [-0.15, -0.1) is 0 Å². The zero-order valence-electron chi connectivity index (χ0n) is 16.5. The van der Waals surface area contributed by atoms with Crippen molar-refractivity contribution in [2.75, 3.05) is 16.8 Å². The number of aromatic nitrogens is 1. The van der Waals surface area contributed by atoms with Gasteiger partial charge < -0.3 is 10.2 Å². The van der Waals surface area contributed by atoms with Crippen molar-refractivity contribution in [2.45, 2.75) is 54.0 Å². The standard InChI is InChI=1S/C22H29N3O/c1-15-11-19-18(8-10-25(19)14-17-7-6-9-23-13-17)16(2)21(15)24-20(26)12-22(3,4)5/h6-7,9,11,13H,8,10,12,14H2,1-5H3,(H,24,26). The molecule has 1 aromatic carbocycles. The lowest BCUT2D eigenvalue weighted by Crippen LogP contribution is -2.21. The molecule has 0 fully saturated rings. The van der Waals surface area contributed by atoms with Gasteiger partial charge in [-0.1, -0.05) is 26.8 Å². The van der Waals surface area contributed by atoms with Crippen LogP contribution in [0.5, 0.6) is 0 Å². The van der Waals surface area contributed by atoms with Crippen LogP contribution in [0.4, 0.5) is 11.4 Å². The highest BCUT2D eigenvalue weighted by atomic mass is 16.1. The van der Waals surface area contributed by atoms with Gasteiger partial charge in [0, 0.05) is 43.3 Å². The van der Waals surface area contributed by atoms with E-state index in [4.69, 9.17) is 0 Å². The quantitative estimate of drug-likeness (QED) is 0.873. The number of hydrogen-bond acceptors (Lipinski definition) is 3. The molecule has 0 radical (unpaired) electrons. The number of carbonyl (C=O) groups is 1. The van der Waals surface area contributed by atoms with Crippen molar-refractivity contribution in [2.24, 2.45) is 5.41 Å². The van der Waals surface area contributed by atoms with Gasteiger partial charge in [-0.2, -0.15) is 0 Å². The van der Waals surface area contributed by atoms with Gasteiger partial charge in [0.05, 0.1) is 0 Å². The SMILES string of the molecule is Cc1cc2c(c(C)c1NC(=O)CC(C)(C)C)CCN2Cc1cccnc1. The first-order valence-corrected chi connectivity index (χ1v) is 9.31. The first kappa shape index (κ1) is 18.4. The van der Waals surface area contributed by atoms with Crippen molar-refractivity contribution in [1.29, 1.82) is 0 Å². The molecule has 4 nitrogen and oxygen atoms in total. The minimum absolute atomic E-state index is 0.0108. The number of hydrogen-bond donors (Lipinski definition) is 1. The smallest absolute Gasteiger partial charge is 0.224 e. The predicted octanol–water partition coefficient (Wildman–Crippen LogP) is 4.64. The van der Waals surface area contributed by atoms with Gasteiger partial charge in [0.1, 0.15) is 0 Å². The molecule has 0 unspecified atom stereocenters. The number of aryl methyl sites for hydroxylation is 1. The lowest BCUT2D eigenvalue weighted by Gasteiger charge is -2.23. The normalized spacial score (nSPS) is 13.7. The predicted molar refractivity (Wildman–Crippen MR) is 108 cm³/mol. The highest BCUT2D eigenvalue weighted by Gasteiger charge is 2.25. The molecule has 3 rings (SSSR count). The molecule has 1 aliphatic rings. The molecule has 0 saturated carbocycles. The maximum atomic E-state index is 12.4. The van der Waals surface area contributed by atoms with Crippen LogP contribution in [0.25, 0.3) is 0 Å². The van der Waals surface area contributed by atoms with Gasteiger partial charge in [-0.25, -0.2) is 0 Å². The Hall–Kier alpha value is -2.36. The molecule has 0 atom stereocenters. The summed E-state index contributed by atoms with van der Waals surface area (Å²) in [7, 11) is 0. The number of anilines is 2. The Kier molecular flexibility index (Phi) is 5.03. The van der Waals surface area contributed by atoms with E-state index in [2.05, 4.69) is 62.0 Å². The van der Waals surface area contributed by atoms with Gasteiger partial charge in [0.15, 0.2) is 0 Å². The molecular weight excluding hydrogens is 322 g/mol. The van der Waals surface area contributed by atoms with Crippen LogP contribution in [0, 0.1) is 19.3 Å². The van der Waals surface area contributed by atoms with Crippen LogP contribution in [0.3, 0.4) is 0 Å². The number of amides is 1. The maximum Gasteiger partial charge on any atom is 0.224 e. The Morgan fingerprint density at radius 3 is 2.73 bits per heavy atom. The van der Waals surface area contributed by atoms with Crippen molar-refractivity contribution in [3.05, 3.63) is 52.8 Å². The lowest BCUT2D eigenvalue weighted by molar-refractivity contribution is -0.117. The molecule has 138 valence electrons. The van der Waals surface area contributed by atoms with Crippen LogP contribution in [-0.4, -0.2) is 17.4 Å². The van der Waals surface area contributed by atoms with E-state index in [0.29, 0.717) is 6.42 Å². The first-order chi connectivity index (χ1) is 12.2. The zero-order chi connectivity index (χ0) is 18.9. The highest BCUT2D eigenvalue weighted by Crippen LogP contribution is 2.38. The van der Waals surface area contributed by atoms with E-state index in [1.807, 2.05) is 18.5 Å². The number of nitrogens with one attached hydrogen (secondary N) is 1. The van der Waals surface area contributed by atoms with Gasteiger partial charge in [0.25, 0.3) is 0 Å². The molecule has 1 aliphatic heterocycles. The van der Waals surface area contributed by atoms with Gasteiger partial charge in [-0.3, -0.25) is 9.78 Å². The topological polar surface area (TPSA) is 45.2 Å². The molecule has 0 saturated heterocycles. The lowest BCUT2D eigenvalue weighted by atomic mass is 9.91. The van der Waals surface area contributed by atoms with E-state index in [9.17, 15) is 4.79 Å². The summed E-state index contributed by atoms with van der Waals surface area (Å²) >= 11 is 0. The van der Waals surface area contributed by atoms with Gasteiger partial charge in [-0.05, 0) is 60.1 Å². The third kappa shape index (κ3) is 4.06. The number of pyridine rings is 1. The molecule has 2 heterocycles. The number of fused-ring (bicyclic) bond motifs is 1. The molecule has 0 bridgehead atoms. The third-order valence-electron chi connectivity index (χ3n) is 4.91. The fraction of sp³-hybridized carbons (Fsp3) is 0.455. The van der Waals surface area contributed by atoms with Crippen LogP contribution in [-0.2, 0) is 17.8 Å². The second-order valence-electron chi connectivity index (χ2n) is 8.51. The van der Waals surface area contributed by atoms with E-state index < -0.39 is 0 Å². The van der Waals surface area contributed by atoms with Gasteiger partial charge >= 0.3 is 0 Å². The molecule has 1 N–H and O–H groups in total. The minimum atomic E-state index is -0.0108. The van der Waals surface area contributed by atoms with Gasteiger partial charge in [0.2, 0.25) is 5.91 Å². The van der Waals surface area contributed by atoms with Crippen molar-refractivity contribution < 1.29 is 4.79 Å². The summed E-state index contributed by atoms with van der Waals surface area (Å²) in [6.45, 7) is 12.4. The third-order valence-corrected chi connectivity index (χ3v) is 4.91. The molecule has 1 aromatic heterocycles. The van der Waals surface area contributed by atoms with E-state index in [-0.39, 0.29) is 11.3 Å². The molecule has 0 aliphatic carbocycles. The number of carbonyl (C=O) groups excluding carboxylic acids is 1. The Bertz CT molecular complexity index is 806. The molecular formula is C22H29N3O. The Morgan fingerprint density at radius 2 is 2.08 bits per heavy atom. The minimum Gasteiger partial charge on any atom is -0.367 e. The van der Waals surface area contributed by atoms with Crippen LogP contribution in [0.15, 0.2) is 30.6 Å². The van der Waals surface area contributed by atoms with Crippen LogP contribution in [0.1, 0.15) is 49.4 Å².